The molecule has 2 aliphatic rings. The van der Waals surface area contributed by atoms with Crippen LogP contribution in [0.3, 0.4) is 0 Å². The number of aromatic hydroxyl groups is 1. The first-order valence-electron chi connectivity index (χ1n) is 7.66. The molecule has 1 N–H and O–H groups in total. The smallest absolute Gasteiger partial charge is 0.127 e. The molecule has 0 saturated heterocycles. The van der Waals surface area contributed by atoms with Crippen LogP contribution in [0.5, 0.6) is 5.75 Å². The monoisotopic (exact) mass is 272 g/mol. The maximum atomic E-state index is 9.74. The molecule has 1 aliphatic heterocycles. The molecule has 1 heterocycles. The SMILES string of the molecule is CCC12CCCC(C)(C)C1=C(c1cccc(O)c1)OC2. The Kier molecular flexibility index (Phi) is 3.07. The van der Waals surface area contributed by atoms with Gasteiger partial charge in [-0.15, -0.1) is 0 Å². The van der Waals surface area contributed by atoms with Gasteiger partial charge in [-0.05, 0) is 42.4 Å². The topological polar surface area (TPSA) is 29.5 Å². The zero-order valence-electron chi connectivity index (χ0n) is 12.7. The van der Waals surface area contributed by atoms with Gasteiger partial charge < -0.3 is 9.84 Å². The fraction of sp³-hybridized carbons (Fsp3) is 0.556. The van der Waals surface area contributed by atoms with Crippen molar-refractivity contribution in [2.75, 3.05) is 6.61 Å². The molecular weight excluding hydrogens is 248 g/mol. The van der Waals surface area contributed by atoms with Crippen LogP contribution in [0, 0.1) is 10.8 Å². The summed E-state index contributed by atoms with van der Waals surface area (Å²) >= 11 is 0. The second-order valence-electron chi connectivity index (χ2n) is 6.91. The van der Waals surface area contributed by atoms with Crippen LogP contribution < -0.4 is 0 Å². The van der Waals surface area contributed by atoms with E-state index in [0.717, 1.165) is 24.4 Å². The van der Waals surface area contributed by atoms with Crippen molar-refractivity contribution < 1.29 is 9.84 Å². The maximum Gasteiger partial charge on any atom is 0.127 e. The van der Waals surface area contributed by atoms with Gasteiger partial charge in [-0.2, -0.15) is 0 Å². The summed E-state index contributed by atoms with van der Waals surface area (Å²) in [6, 6.07) is 7.46. The Morgan fingerprint density at radius 1 is 1.25 bits per heavy atom. The van der Waals surface area contributed by atoms with Gasteiger partial charge in [0.15, 0.2) is 0 Å². The highest BCUT2D eigenvalue weighted by molar-refractivity contribution is 5.69. The third-order valence-electron chi connectivity index (χ3n) is 5.17. The van der Waals surface area contributed by atoms with Crippen molar-refractivity contribution in [2.24, 2.45) is 10.8 Å². The van der Waals surface area contributed by atoms with Gasteiger partial charge in [0.1, 0.15) is 11.5 Å². The van der Waals surface area contributed by atoms with Crippen molar-refractivity contribution in [1.29, 1.82) is 0 Å². The van der Waals surface area contributed by atoms with Crippen LogP contribution in [0.4, 0.5) is 0 Å². The standard InChI is InChI=1S/C18H24O2/c1-4-18-10-6-9-17(2,3)16(18)15(20-12-18)13-7-5-8-14(19)11-13/h5,7-8,11,19H,4,6,9-10,12H2,1-3H3. The molecule has 0 aromatic heterocycles. The molecule has 1 saturated carbocycles. The van der Waals surface area contributed by atoms with Crippen LogP contribution in [-0.4, -0.2) is 11.7 Å². The van der Waals surface area contributed by atoms with Crippen molar-refractivity contribution in [3.05, 3.63) is 35.4 Å². The Hall–Kier alpha value is -1.44. The Bertz CT molecular complexity index is 556. The molecule has 1 aromatic rings. The minimum Gasteiger partial charge on any atom is -0.508 e. The Morgan fingerprint density at radius 3 is 2.75 bits per heavy atom. The molecule has 3 rings (SSSR count). The lowest BCUT2D eigenvalue weighted by atomic mass is 9.59. The van der Waals surface area contributed by atoms with Crippen molar-refractivity contribution >= 4 is 5.76 Å². The summed E-state index contributed by atoms with van der Waals surface area (Å²) in [5.74, 6) is 1.33. The van der Waals surface area contributed by atoms with E-state index in [-0.39, 0.29) is 10.8 Å². The van der Waals surface area contributed by atoms with Crippen LogP contribution in [0.25, 0.3) is 5.76 Å². The van der Waals surface area contributed by atoms with Gasteiger partial charge in [-0.3, -0.25) is 0 Å². The lowest BCUT2D eigenvalue weighted by Gasteiger charge is -2.43. The van der Waals surface area contributed by atoms with E-state index in [0.29, 0.717) is 5.75 Å². The van der Waals surface area contributed by atoms with Gasteiger partial charge in [0.25, 0.3) is 0 Å². The van der Waals surface area contributed by atoms with E-state index in [1.165, 1.54) is 24.8 Å². The van der Waals surface area contributed by atoms with Gasteiger partial charge in [0, 0.05) is 11.0 Å². The fourth-order valence-corrected chi connectivity index (χ4v) is 4.14. The molecule has 0 radical (unpaired) electrons. The molecule has 2 nitrogen and oxygen atoms in total. The average molecular weight is 272 g/mol. The van der Waals surface area contributed by atoms with E-state index < -0.39 is 0 Å². The summed E-state index contributed by atoms with van der Waals surface area (Å²) in [4.78, 5) is 0. The molecule has 1 atom stereocenters. The molecule has 0 spiro atoms. The number of hydrogen-bond donors (Lipinski definition) is 1. The number of phenolic OH excluding ortho intramolecular Hbond substituents is 1. The summed E-state index contributed by atoms with van der Waals surface area (Å²) < 4.78 is 6.14. The quantitative estimate of drug-likeness (QED) is 0.842. The van der Waals surface area contributed by atoms with Crippen LogP contribution in [0.1, 0.15) is 52.0 Å². The number of hydrogen-bond acceptors (Lipinski definition) is 2. The summed E-state index contributed by atoms with van der Waals surface area (Å²) in [5.41, 5.74) is 2.89. The van der Waals surface area contributed by atoms with Gasteiger partial charge in [0.2, 0.25) is 0 Å². The molecule has 1 aliphatic carbocycles. The van der Waals surface area contributed by atoms with E-state index in [1.54, 1.807) is 6.07 Å². The van der Waals surface area contributed by atoms with E-state index >= 15 is 0 Å². The Balaban J connectivity index is 2.17. The second-order valence-corrected chi connectivity index (χ2v) is 6.91. The molecule has 2 heteroatoms. The number of phenols is 1. The van der Waals surface area contributed by atoms with Gasteiger partial charge in [-0.25, -0.2) is 0 Å². The first kappa shape index (κ1) is 13.5. The maximum absolute atomic E-state index is 9.74. The van der Waals surface area contributed by atoms with Crippen molar-refractivity contribution in [3.8, 4) is 5.75 Å². The van der Waals surface area contributed by atoms with Crippen molar-refractivity contribution in [2.45, 2.75) is 46.5 Å². The van der Waals surface area contributed by atoms with Gasteiger partial charge in [-0.1, -0.05) is 39.3 Å². The minimum absolute atomic E-state index is 0.186. The summed E-state index contributed by atoms with van der Waals surface area (Å²) in [7, 11) is 0. The molecule has 1 aromatic carbocycles. The molecule has 0 amide bonds. The van der Waals surface area contributed by atoms with E-state index in [4.69, 9.17) is 4.74 Å². The van der Waals surface area contributed by atoms with Crippen LogP contribution >= 0.6 is 0 Å². The number of rotatable bonds is 2. The molecule has 108 valence electrons. The largest absolute Gasteiger partial charge is 0.508 e. The number of benzene rings is 1. The summed E-state index contributed by atoms with van der Waals surface area (Å²) in [5, 5.41) is 9.74. The Morgan fingerprint density at radius 2 is 2.05 bits per heavy atom. The van der Waals surface area contributed by atoms with E-state index in [2.05, 4.69) is 20.8 Å². The second kappa shape index (κ2) is 4.54. The van der Waals surface area contributed by atoms with E-state index in [9.17, 15) is 5.11 Å². The average Bonchev–Trinajstić information content (AvgIpc) is 2.80. The summed E-state index contributed by atoms with van der Waals surface area (Å²) in [6.45, 7) is 7.75. The van der Waals surface area contributed by atoms with Crippen molar-refractivity contribution in [1.82, 2.24) is 0 Å². The molecule has 1 unspecified atom stereocenters. The Labute approximate surface area is 121 Å². The highest BCUT2D eigenvalue weighted by Crippen LogP contribution is 2.58. The van der Waals surface area contributed by atoms with Crippen LogP contribution in [0.2, 0.25) is 0 Å². The lowest BCUT2D eigenvalue weighted by Crippen LogP contribution is -2.36. The number of fused-ring (bicyclic) bond motifs is 1. The predicted molar refractivity (Wildman–Crippen MR) is 81.3 cm³/mol. The highest BCUT2D eigenvalue weighted by atomic mass is 16.5. The normalized spacial score (nSPS) is 28.1. The lowest BCUT2D eigenvalue weighted by molar-refractivity contribution is 0.131. The highest BCUT2D eigenvalue weighted by Gasteiger charge is 2.50. The third-order valence-corrected chi connectivity index (χ3v) is 5.17. The fourth-order valence-electron chi connectivity index (χ4n) is 4.14. The zero-order chi connectivity index (χ0) is 14.4. The van der Waals surface area contributed by atoms with Crippen molar-refractivity contribution in [3.63, 3.8) is 0 Å². The molecule has 1 fully saturated rings. The van der Waals surface area contributed by atoms with Crippen LogP contribution in [0.15, 0.2) is 29.8 Å². The first-order valence-corrected chi connectivity index (χ1v) is 7.66. The van der Waals surface area contributed by atoms with Crippen LogP contribution in [-0.2, 0) is 4.74 Å². The third kappa shape index (κ3) is 1.93. The first-order chi connectivity index (χ1) is 9.48. The predicted octanol–water partition coefficient (Wildman–Crippen LogP) is 4.74. The van der Waals surface area contributed by atoms with E-state index in [1.807, 2.05) is 18.2 Å². The summed E-state index contributed by atoms with van der Waals surface area (Å²) in [6.07, 6.45) is 4.86. The molecular formula is C18H24O2. The molecule has 20 heavy (non-hydrogen) atoms. The minimum atomic E-state index is 0.186. The number of ether oxygens (including phenoxy) is 1. The zero-order valence-corrected chi connectivity index (χ0v) is 12.7. The molecule has 0 bridgehead atoms. The van der Waals surface area contributed by atoms with Gasteiger partial charge >= 0.3 is 0 Å². The van der Waals surface area contributed by atoms with Gasteiger partial charge in [0.05, 0.1) is 6.61 Å².